The zero-order valence-electron chi connectivity index (χ0n) is 13.2. The molecule has 0 spiro atoms. The van der Waals surface area contributed by atoms with Gasteiger partial charge in [-0.25, -0.2) is 0 Å². The Morgan fingerprint density at radius 1 is 1.28 bits per heavy atom. The van der Waals surface area contributed by atoms with Crippen molar-refractivity contribution in [3.05, 3.63) is 64.4 Å². The van der Waals surface area contributed by atoms with Gasteiger partial charge in [-0.3, -0.25) is 4.79 Å². The molecule has 0 aliphatic rings. The minimum Gasteiger partial charge on any atom is -0.451 e. The Kier molecular flexibility index (Phi) is 4.90. The molecule has 3 aromatic rings. The highest BCUT2D eigenvalue weighted by Gasteiger charge is 2.18. The van der Waals surface area contributed by atoms with Crippen LogP contribution < -0.4 is 10.1 Å². The van der Waals surface area contributed by atoms with Crippen LogP contribution in [-0.4, -0.2) is 12.5 Å². The summed E-state index contributed by atoms with van der Waals surface area (Å²) < 4.78 is 34.9. The first kappa shape index (κ1) is 17.2. The van der Waals surface area contributed by atoms with E-state index >= 15 is 0 Å². The Bertz CT molecular complexity index is 924. The molecule has 4 nitrogen and oxygen atoms in total. The molecule has 0 saturated heterocycles. The van der Waals surface area contributed by atoms with E-state index in [0.717, 1.165) is 5.39 Å². The topological polar surface area (TPSA) is 51.5 Å². The molecular weight excluding hydrogens is 352 g/mol. The fraction of sp³-hybridized carbons (Fsp3) is 0.167. The molecule has 1 heterocycles. The monoisotopic (exact) mass is 365 g/mol. The number of benzene rings is 2. The zero-order valence-corrected chi connectivity index (χ0v) is 13.9. The molecule has 0 atom stereocenters. The standard InChI is InChI=1S/C18H14ClF2NO3/c1-10-13-8-12(19)6-7-15(13)24-16(10)17(23)22-9-11-4-2-3-5-14(11)25-18(20)21/h2-8,18H,9H2,1H3,(H,22,23). The largest absolute Gasteiger partial charge is 0.451 e. The van der Waals surface area contributed by atoms with E-state index in [-0.39, 0.29) is 18.1 Å². The fourth-order valence-corrected chi connectivity index (χ4v) is 2.70. The maximum atomic E-state index is 12.4. The molecule has 130 valence electrons. The highest BCUT2D eigenvalue weighted by Crippen LogP contribution is 2.28. The Morgan fingerprint density at radius 3 is 2.80 bits per heavy atom. The minimum atomic E-state index is -2.93. The van der Waals surface area contributed by atoms with Crippen molar-refractivity contribution < 1.29 is 22.7 Å². The van der Waals surface area contributed by atoms with Crippen LogP contribution in [0.4, 0.5) is 8.78 Å². The summed E-state index contributed by atoms with van der Waals surface area (Å²) in [5.74, 6) is -0.271. The van der Waals surface area contributed by atoms with E-state index in [9.17, 15) is 13.6 Å². The average Bonchev–Trinajstić information content (AvgIpc) is 2.90. The third-order valence-corrected chi connectivity index (χ3v) is 3.97. The van der Waals surface area contributed by atoms with E-state index in [1.165, 1.54) is 6.07 Å². The number of carbonyl (C=O) groups is 1. The summed E-state index contributed by atoms with van der Waals surface area (Å²) in [6.07, 6.45) is 0. The van der Waals surface area contributed by atoms with Gasteiger partial charge in [-0.2, -0.15) is 8.78 Å². The lowest BCUT2D eigenvalue weighted by atomic mass is 10.1. The number of carbonyl (C=O) groups excluding carboxylic acids is 1. The van der Waals surface area contributed by atoms with Crippen molar-refractivity contribution in [3.8, 4) is 5.75 Å². The van der Waals surface area contributed by atoms with Crippen LogP contribution in [0.1, 0.15) is 21.7 Å². The van der Waals surface area contributed by atoms with Crippen LogP contribution in [0.25, 0.3) is 11.0 Å². The number of rotatable bonds is 5. The summed E-state index contributed by atoms with van der Waals surface area (Å²) >= 11 is 5.96. The lowest BCUT2D eigenvalue weighted by Crippen LogP contribution is -2.23. The summed E-state index contributed by atoms with van der Waals surface area (Å²) in [6.45, 7) is -1.15. The molecule has 1 aromatic heterocycles. The van der Waals surface area contributed by atoms with Crippen molar-refractivity contribution in [1.82, 2.24) is 5.32 Å². The summed E-state index contributed by atoms with van der Waals surface area (Å²) in [5.41, 5.74) is 1.65. The average molecular weight is 366 g/mol. The summed E-state index contributed by atoms with van der Waals surface area (Å²) in [7, 11) is 0. The molecule has 25 heavy (non-hydrogen) atoms. The molecule has 0 unspecified atom stereocenters. The molecule has 7 heteroatoms. The molecular formula is C18H14ClF2NO3. The number of ether oxygens (including phenoxy) is 1. The van der Waals surface area contributed by atoms with Crippen molar-refractivity contribution >= 4 is 28.5 Å². The minimum absolute atomic E-state index is 0.0194. The summed E-state index contributed by atoms with van der Waals surface area (Å²) in [4.78, 5) is 12.4. The molecule has 0 aliphatic heterocycles. The van der Waals surface area contributed by atoms with E-state index in [1.807, 2.05) is 0 Å². The third-order valence-electron chi connectivity index (χ3n) is 3.73. The number of fused-ring (bicyclic) bond motifs is 1. The van der Waals surface area contributed by atoms with Gasteiger partial charge in [-0.1, -0.05) is 29.8 Å². The molecule has 0 bridgehead atoms. The van der Waals surface area contributed by atoms with Gasteiger partial charge < -0.3 is 14.5 Å². The van der Waals surface area contributed by atoms with Gasteiger partial charge >= 0.3 is 6.61 Å². The lowest BCUT2D eigenvalue weighted by molar-refractivity contribution is -0.0504. The normalized spacial score (nSPS) is 11.1. The van der Waals surface area contributed by atoms with E-state index in [0.29, 0.717) is 21.7 Å². The number of nitrogens with one attached hydrogen (secondary N) is 1. The smallest absolute Gasteiger partial charge is 0.387 e. The Hall–Kier alpha value is -2.60. The van der Waals surface area contributed by atoms with Gasteiger partial charge in [0, 0.05) is 28.1 Å². The van der Waals surface area contributed by atoms with Crippen LogP contribution in [-0.2, 0) is 6.54 Å². The van der Waals surface area contributed by atoms with E-state index < -0.39 is 12.5 Å². The lowest BCUT2D eigenvalue weighted by Gasteiger charge is -2.11. The quantitative estimate of drug-likeness (QED) is 0.697. The van der Waals surface area contributed by atoms with Gasteiger partial charge in [-0.15, -0.1) is 0 Å². The van der Waals surface area contributed by atoms with E-state index in [2.05, 4.69) is 10.1 Å². The molecule has 0 fully saturated rings. The SMILES string of the molecule is Cc1c(C(=O)NCc2ccccc2OC(F)F)oc2ccc(Cl)cc12. The van der Waals surface area contributed by atoms with Crippen molar-refractivity contribution in [3.63, 3.8) is 0 Å². The maximum Gasteiger partial charge on any atom is 0.387 e. The van der Waals surface area contributed by atoms with Crippen LogP contribution in [0.2, 0.25) is 5.02 Å². The molecule has 0 saturated carbocycles. The number of alkyl halides is 2. The molecule has 1 N–H and O–H groups in total. The molecule has 2 aromatic carbocycles. The molecule has 3 rings (SSSR count). The summed E-state index contributed by atoms with van der Waals surface area (Å²) in [5, 5.41) is 3.95. The van der Waals surface area contributed by atoms with Gasteiger partial charge in [0.25, 0.3) is 5.91 Å². The highest BCUT2D eigenvalue weighted by atomic mass is 35.5. The van der Waals surface area contributed by atoms with Crippen LogP contribution in [0.15, 0.2) is 46.9 Å². The van der Waals surface area contributed by atoms with Crippen LogP contribution in [0, 0.1) is 6.92 Å². The van der Waals surface area contributed by atoms with Gasteiger partial charge in [0.05, 0.1) is 0 Å². The van der Waals surface area contributed by atoms with Crippen molar-refractivity contribution in [2.45, 2.75) is 20.1 Å². The Balaban J connectivity index is 1.79. The number of amides is 1. The van der Waals surface area contributed by atoms with Crippen molar-refractivity contribution in [2.24, 2.45) is 0 Å². The van der Waals surface area contributed by atoms with Gasteiger partial charge in [0.2, 0.25) is 0 Å². The third kappa shape index (κ3) is 3.74. The van der Waals surface area contributed by atoms with Crippen molar-refractivity contribution in [1.29, 1.82) is 0 Å². The van der Waals surface area contributed by atoms with E-state index in [1.54, 1.807) is 43.3 Å². The molecule has 1 amide bonds. The van der Waals surface area contributed by atoms with Gasteiger partial charge in [0.15, 0.2) is 5.76 Å². The first-order valence-electron chi connectivity index (χ1n) is 7.45. The predicted octanol–water partition coefficient (Wildman–Crippen LogP) is 4.93. The maximum absolute atomic E-state index is 12.4. The highest BCUT2D eigenvalue weighted by molar-refractivity contribution is 6.31. The second-order valence-electron chi connectivity index (χ2n) is 5.37. The number of halogens is 3. The van der Waals surface area contributed by atoms with Crippen molar-refractivity contribution in [2.75, 3.05) is 0 Å². The van der Waals surface area contributed by atoms with E-state index in [4.69, 9.17) is 16.0 Å². The second kappa shape index (κ2) is 7.11. The number of hydrogen-bond donors (Lipinski definition) is 1. The second-order valence-corrected chi connectivity index (χ2v) is 5.80. The Morgan fingerprint density at radius 2 is 2.04 bits per heavy atom. The number of para-hydroxylation sites is 1. The first-order chi connectivity index (χ1) is 12.0. The molecule has 0 aliphatic carbocycles. The number of aryl methyl sites for hydroxylation is 1. The number of hydrogen-bond acceptors (Lipinski definition) is 3. The molecule has 0 radical (unpaired) electrons. The number of furan rings is 1. The van der Waals surface area contributed by atoms with Crippen LogP contribution >= 0.6 is 11.6 Å². The fourth-order valence-electron chi connectivity index (χ4n) is 2.53. The van der Waals surface area contributed by atoms with Crippen LogP contribution in [0.3, 0.4) is 0 Å². The van der Waals surface area contributed by atoms with Gasteiger partial charge in [-0.05, 0) is 31.2 Å². The summed E-state index contributed by atoms with van der Waals surface area (Å²) in [6, 6.07) is 11.4. The van der Waals surface area contributed by atoms with Gasteiger partial charge in [0.1, 0.15) is 11.3 Å². The van der Waals surface area contributed by atoms with Crippen LogP contribution in [0.5, 0.6) is 5.75 Å². The zero-order chi connectivity index (χ0) is 18.0. The first-order valence-corrected chi connectivity index (χ1v) is 7.83. The Labute approximate surface area is 147 Å². The predicted molar refractivity (Wildman–Crippen MR) is 90.2 cm³/mol.